The third-order valence-corrected chi connectivity index (χ3v) is 13.8. The molecule has 1 unspecified atom stereocenters. The van der Waals surface area contributed by atoms with Crippen molar-refractivity contribution in [2.45, 2.75) is 51.2 Å². The van der Waals surface area contributed by atoms with Crippen molar-refractivity contribution in [2.24, 2.45) is 0 Å². The molecule has 1 aromatic carbocycles. The van der Waals surface area contributed by atoms with Gasteiger partial charge in [-0.15, -0.1) is 0 Å². The minimum Gasteiger partial charge on any atom is -0.495 e. The Hall–Kier alpha value is -3.48. The molecule has 1 radical (unpaired) electrons. The first-order valence-corrected chi connectivity index (χ1v) is 18.2. The third-order valence-electron chi connectivity index (χ3n) is 9.36. The number of anilines is 4. The summed E-state index contributed by atoms with van der Waals surface area (Å²) in [5.74, 6) is 1.97. The van der Waals surface area contributed by atoms with Gasteiger partial charge in [0.05, 0.1) is 18.5 Å². The molecule has 233 valence electrons. The smallest absolute Gasteiger partial charge is 0.330 e. The Morgan fingerprint density at radius 2 is 1.86 bits per heavy atom. The zero-order chi connectivity index (χ0) is 31.7. The monoisotopic (exact) mass is 614 g/mol. The first-order valence-electron chi connectivity index (χ1n) is 15.3. The van der Waals surface area contributed by atoms with Gasteiger partial charge in [-0.2, -0.15) is 0 Å². The summed E-state index contributed by atoms with van der Waals surface area (Å²) in [5.41, 5.74) is 4.26. The van der Waals surface area contributed by atoms with E-state index in [0.717, 1.165) is 72.1 Å². The van der Waals surface area contributed by atoms with E-state index in [1.807, 2.05) is 23.1 Å². The summed E-state index contributed by atoms with van der Waals surface area (Å²) in [7, 11) is 3.38. The highest BCUT2D eigenvalue weighted by atomic mass is 28.4. The lowest BCUT2D eigenvalue weighted by Gasteiger charge is -2.39. The second kappa shape index (κ2) is 12.5. The van der Waals surface area contributed by atoms with Crippen molar-refractivity contribution in [1.82, 2.24) is 19.9 Å². The maximum atomic E-state index is 11.5. The van der Waals surface area contributed by atoms with Crippen LogP contribution in [0.5, 0.6) is 5.75 Å². The maximum Gasteiger partial charge on any atom is 0.330 e. The van der Waals surface area contributed by atoms with Crippen molar-refractivity contribution >= 4 is 45.1 Å². The summed E-state index contributed by atoms with van der Waals surface area (Å²) in [6.45, 7) is 18.6. The second-order valence-corrected chi connectivity index (χ2v) is 18.5. The van der Waals surface area contributed by atoms with Crippen molar-refractivity contribution in [2.75, 3.05) is 68.5 Å². The van der Waals surface area contributed by atoms with E-state index in [1.165, 1.54) is 0 Å². The summed E-state index contributed by atoms with van der Waals surface area (Å²) in [4.78, 5) is 32.3. The quantitative estimate of drug-likeness (QED) is 0.250. The van der Waals surface area contributed by atoms with Crippen LogP contribution in [0.4, 0.5) is 23.1 Å². The molecule has 2 aromatic heterocycles. The number of fused-ring (bicyclic) bond motifs is 1. The molecule has 0 bridgehead atoms. The van der Waals surface area contributed by atoms with Gasteiger partial charge in [0.15, 0.2) is 8.32 Å². The number of benzene rings is 1. The van der Waals surface area contributed by atoms with Gasteiger partial charge in [0, 0.05) is 74.0 Å². The van der Waals surface area contributed by atoms with E-state index < -0.39 is 8.32 Å². The van der Waals surface area contributed by atoms with Crippen LogP contribution in [-0.4, -0.2) is 95.3 Å². The van der Waals surface area contributed by atoms with Crippen molar-refractivity contribution in [3.8, 4) is 17.0 Å². The summed E-state index contributed by atoms with van der Waals surface area (Å²) in [5, 5.41) is 3.49. The predicted molar refractivity (Wildman–Crippen MR) is 182 cm³/mol. The molecule has 12 heteroatoms. The van der Waals surface area contributed by atoms with Crippen molar-refractivity contribution < 1.29 is 14.0 Å². The van der Waals surface area contributed by atoms with Gasteiger partial charge in [-0.05, 0) is 55.5 Å². The number of pyridine rings is 1. The fourth-order valence-electron chi connectivity index (χ4n) is 5.44. The molecule has 0 saturated carbocycles. The van der Waals surface area contributed by atoms with Gasteiger partial charge in [0.1, 0.15) is 17.8 Å². The highest BCUT2D eigenvalue weighted by molar-refractivity contribution is 6.74. The second-order valence-electron chi connectivity index (χ2n) is 13.7. The average molecular weight is 615 g/mol. The summed E-state index contributed by atoms with van der Waals surface area (Å²) in [6.07, 6.45) is 4.38. The summed E-state index contributed by atoms with van der Waals surface area (Å²) in [6, 6.07) is 10.2. The summed E-state index contributed by atoms with van der Waals surface area (Å²) >= 11 is 0. The Bertz CT molecular complexity index is 1490. The van der Waals surface area contributed by atoms with Crippen LogP contribution in [0.3, 0.4) is 0 Å². The number of ether oxygens (including phenoxy) is 1. The number of carbonyl (C=O) groups is 1. The van der Waals surface area contributed by atoms with E-state index in [2.05, 4.69) is 86.1 Å². The van der Waals surface area contributed by atoms with Crippen LogP contribution in [0.2, 0.25) is 18.1 Å². The molecule has 3 aromatic rings. The van der Waals surface area contributed by atoms with Gasteiger partial charge in [-0.25, -0.2) is 15.0 Å². The fraction of sp³-hybridized carbons (Fsp3) is 0.500. The Morgan fingerprint density at radius 1 is 1.11 bits per heavy atom. The number of methoxy groups -OCH3 is 1. The number of hydrogen-bond donors (Lipinski definition) is 1. The predicted octanol–water partition coefficient (Wildman–Crippen LogP) is 4.95. The van der Waals surface area contributed by atoms with E-state index in [4.69, 9.17) is 19.1 Å². The molecule has 0 aliphatic carbocycles. The van der Waals surface area contributed by atoms with Crippen LogP contribution >= 0.6 is 0 Å². The minimum absolute atomic E-state index is 0.0938. The molecule has 1 fully saturated rings. The SMILES string of the molecule is COc1ccc(N2CCN(C)CC2)cc1Nc1nccc(-c2cnc3c(c2)C(C)(CO[Si](C)(C)C(C)(C)C)CN3[B]C=O)n1. The lowest BCUT2D eigenvalue weighted by molar-refractivity contribution is 0.219. The van der Waals surface area contributed by atoms with E-state index in [9.17, 15) is 4.79 Å². The first kappa shape index (κ1) is 31.9. The molecule has 1 saturated heterocycles. The summed E-state index contributed by atoms with van der Waals surface area (Å²) < 4.78 is 12.4. The molecule has 44 heavy (non-hydrogen) atoms. The van der Waals surface area contributed by atoms with E-state index in [0.29, 0.717) is 19.1 Å². The number of likely N-dealkylation sites (N-methyl/N-ethyl adjacent to an activating group) is 1. The Kier molecular flexibility index (Phi) is 9.06. The van der Waals surface area contributed by atoms with Crippen LogP contribution in [0.25, 0.3) is 11.3 Å². The number of aromatic nitrogens is 3. The molecule has 10 nitrogen and oxygen atoms in total. The Morgan fingerprint density at radius 3 is 2.55 bits per heavy atom. The van der Waals surface area contributed by atoms with Crippen molar-refractivity contribution in [1.29, 1.82) is 0 Å². The van der Waals surface area contributed by atoms with E-state index in [1.54, 1.807) is 20.7 Å². The van der Waals surface area contributed by atoms with Gasteiger partial charge in [-0.1, -0.05) is 27.7 Å². The number of nitrogens with zero attached hydrogens (tertiary/aromatic N) is 6. The zero-order valence-electron chi connectivity index (χ0n) is 27.3. The standard InChI is InChI=1S/C32H45BN7O3Si/c1-31(2,3)44(7,8)43-21-32(4)20-40(33-22-41)29-25(32)17-23(19-35-29)26-11-12-34-30(36-26)37-27-18-24(9-10-28(27)42-6)39-15-13-38(5)14-16-39/h9-12,17-19,22H,13-16,20-21H2,1-8H3,(H,34,36,37). The van der Waals surface area contributed by atoms with E-state index >= 15 is 0 Å². The van der Waals surface area contributed by atoms with Gasteiger partial charge in [-0.3, -0.25) is 0 Å². The van der Waals surface area contributed by atoms with E-state index in [-0.39, 0.29) is 10.5 Å². The number of carbonyl (C=O) groups excluding carboxylic acids is 1. The Labute approximate surface area is 263 Å². The largest absolute Gasteiger partial charge is 0.495 e. The highest BCUT2D eigenvalue weighted by Crippen LogP contribution is 2.43. The van der Waals surface area contributed by atoms with Crippen LogP contribution < -0.4 is 19.8 Å². The lowest BCUT2D eigenvalue weighted by Crippen LogP contribution is -2.46. The van der Waals surface area contributed by atoms with Gasteiger partial charge < -0.3 is 33.9 Å². The molecule has 4 heterocycles. The number of hydrogen-bond acceptors (Lipinski definition) is 10. The average Bonchev–Trinajstić information content (AvgIpc) is 3.27. The minimum atomic E-state index is -1.99. The number of rotatable bonds is 10. The molecule has 0 spiro atoms. The number of nitrogens with one attached hydrogen (secondary N) is 1. The zero-order valence-corrected chi connectivity index (χ0v) is 28.3. The van der Waals surface area contributed by atoms with Crippen LogP contribution in [0.1, 0.15) is 33.3 Å². The molecular formula is C32H45BN7O3Si. The van der Waals surface area contributed by atoms with Gasteiger partial charge in [0.2, 0.25) is 5.95 Å². The normalized spacial score (nSPS) is 19.1. The molecule has 0 amide bonds. The molecule has 1 N–H and O–H groups in total. The molecule has 2 aliphatic rings. The topological polar surface area (TPSA) is 96.0 Å². The van der Waals surface area contributed by atoms with Crippen LogP contribution in [-0.2, 0) is 14.6 Å². The molecule has 2 aliphatic heterocycles. The Balaban J connectivity index is 1.42. The molecule has 1 atom stereocenters. The number of piperazine rings is 1. The van der Waals surface area contributed by atoms with Gasteiger partial charge >= 0.3 is 7.41 Å². The molecular weight excluding hydrogens is 569 g/mol. The van der Waals surface area contributed by atoms with Crippen molar-refractivity contribution in [3.05, 3.63) is 48.3 Å². The molecule has 5 rings (SSSR count). The maximum absolute atomic E-state index is 11.5. The lowest BCUT2D eigenvalue weighted by atomic mass is 9.85. The first-order chi connectivity index (χ1) is 20.8. The highest BCUT2D eigenvalue weighted by Gasteiger charge is 2.44. The van der Waals surface area contributed by atoms with Crippen molar-refractivity contribution in [3.63, 3.8) is 0 Å². The third kappa shape index (κ3) is 6.62. The van der Waals surface area contributed by atoms with Gasteiger partial charge in [0.25, 0.3) is 0 Å². The fourth-order valence-corrected chi connectivity index (χ4v) is 6.55. The van der Waals surface area contributed by atoms with Crippen LogP contribution in [0, 0.1) is 0 Å². The van der Waals surface area contributed by atoms with Crippen LogP contribution in [0.15, 0.2) is 42.7 Å².